The summed E-state index contributed by atoms with van der Waals surface area (Å²) in [4.78, 5) is 0. The second-order valence-electron chi connectivity index (χ2n) is 6.56. The summed E-state index contributed by atoms with van der Waals surface area (Å²) in [6.45, 7) is 0.705. The molecule has 4 aromatic carbocycles. The fourth-order valence-electron chi connectivity index (χ4n) is 3.35. The first-order chi connectivity index (χ1) is 13.9. The molecule has 0 fully saturated rings. The summed E-state index contributed by atoms with van der Waals surface area (Å²) < 4.78 is 5.90. The molecule has 0 amide bonds. The van der Waals surface area contributed by atoms with Crippen molar-refractivity contribution in [3.63, 3.8) is 0 Å². The van der Waals surface area contributed by atoms with Crippen LogP contribution in [-0.4, -0.2) is 12.8 Å². The van der Waals surface area contributed by atoms with Crippen molar-refractivity contribution in [1.29, 1.82) is 0 Å². The minimum absolute atomic E-state index is 0.409. The quantitative estimate of drug-likeness (QED) is 0.218. The lowest BCUT2D eigenvalue weighted by molar-refractivity contribution is 0.275. The largest absolute Gasteiger partial charge is 0.501 e. The van der Waals surface area contributed by atoms with Crippen LogP contribution in [0.2, 0.25) is 0 Å². The SMILES string of the molecule is C(=C\c1cccc2ccccc12)/OCCP(c1ccccc1)c1ccccc1. The van der Waals surface area contributed by atoms with Gasteiger partial charge in [-0.3, -0.25) is 0 Å². The molecular formula is C26H23OP. The Balaban J connectivity index is 1.43. The van der Waals surface area contributed by atoms with Crippen LogP contribution in [0, 0.1) is 0 Å². The lowest BCUT2D eigenvalue weighted by Gasteiger charge is -2.18. The number of hydrogen-bond acceptors (Lipinski definition) is 1. The summed E-state index contributed by atoms with van der Waals surface area (Å²) in [6, 6.07) is 36.3. The third kappa shape index (κ3) is 4.50. The lowest BCUT2D eigenvalue weighted by atomic mass is 10.1. The van der Waals surface area contributed by atoms with Crippen LogP contribution in [0.3, 0.4) is 0 Å². The summed E-state index contributed by atoms with van der Waals surface area (Å²) in [7, 11) is -0.409. The predicted molar refractivity (Wildman–Crippen MR) is 123 cm³/mol. The molecule has 0 atom stereocenters. The highest BCUT2D eigenvalue weighted by Gasteiger charge is 2.12. The number of rotatable bonds is 7. The first-order valence-corrected chi connectivity index (χ1v) is 11.1. The Bertz CT molecular complexity index is 997. The van der Waals surface area contributed by atoms with E-state index in [-0.39, 0.29) is 0 Å². The molecule has 4 aromatic rings. The summed E-state index contributed by atoms with van der Waals surface area (Å²) >= 11 is 0. The lowest BCUT2D eigenvalue weighted by Crippen LogP contribution is -2.15. The normalized spacial score (nSPS) is 11.3. The van der Waals surface area contributed by atoms with Crippen molar-refractivity contribution in [2.45, 2.75) is 0 Å². The van der Waals surface area contributed by atoms with Gasteiger partial charge in [-0.05, 0) is 40.9 Å². The molecule has 0 N–H and O–H groups in total. The van der Waals surface area contributed by atoms with Gasteiger partial charge < -0.3 is 4.74 Å². The zero-order chi connectivity index (χ0) is 19.0. The van der Waals surface area contributed by atoms with Crippen LogP contribution in [0.5, 0.6) is 0 Å². The Morgan fingerprint density at radius 2 is 1.25 bits per heavy atom. The van der Waals surface area contributed by atoms with E-state index in [1.165, 1.54) is 26.9 Å². The molecule has 0 aliphatic rings. The average Bonchev–Trinajstić information content (AvgIpc) is 2.77. The Morgan fingerprint density at radius 1 is 0.643 bits per heavy atom. The highest BCUT2D eigenvalue weighted by atomic mass is 31.1. The van der Waals surface area contributed by atoms with Gasteiger partial charge in [0.2, 0.25) is 0 Å². The number of ether oxygens (including phenoxy) is 1. The Hall–Kier alpha value is -2.89. The van der Waals surface area contributed by atoms with E-state index in [2.05, 4.69) is 109 Å². The minimum Gasteiger partial charge on any atom is -0.501 e. The maximum atomic E-state index is 5.90. The van der Waals surface area contributed by atoms with Crippen LogP contribution in [-0.2, 0) is 4.74 Å². The van der Waals surface area contributed by atoms with Gasteiger partial charge in [-0.15, -0.1) is 0 Å². The van der Waals surface area contributed by atoms with Crippen molar-refractivity contribution in [3.05, 3.63) is 115 Å². The van der Waals surface area contributed by atoms with Crippen molar-refractivity contribution >= 4 is 35.4 Å². The topological polar surface area (TPSA) is 9.23 Å². The van der Waals surface area contributed by atoms with E-state index in [4.69, 9.17) is 4.74 Å². The third-order valence-electron chi connectivity index (χ3n) is 4.74. The molecule has 0 heterocycles. The van der Waals surface area contributed by atoms with Gasteiger partial charge in [-0.25, -0.2) is 0 Å². The summed E-state index contributed by atoms with van der Waals surface area (Å²) in [5, 5.41) is 5.29. The third-order valence-corrected chi connectivity index (χ3v) is 7.21. The van der Waals surface area contributed by atoms with E-state index in [0.29, 0.717) is 6.61 Å². The molecule has 2 heteroatoms. The van der Waals surface area contributed by atoms with Gasteiger partial charge in [-0.1, -0.05) is 103 Å². The number of fused-ring (bicyclic) bond motifs is 1. The zero-order valence-electron chi connectivity index (χ0n) is 15.7. The monoisotopic (exact) mass is 382 g/mol. The number of benzene rings is 4. The first kappa shape index (κ1) is 18.5. The average molecular weight is 382 g/mol. The Morgan fingerprint density at radius 3 is 1.96 bits per heavy atom. The molecule has 28 heavy (non-hydrogen) atoms. The van der Waals surface area contributed by atoms with Crippen LogP contribution in [0.4, 0.5) is 0 Å². The van der Waals surface area contributed by atoms with Crippen LogP contribution >= 0.6 is 7.92 Å². The van der Waals surface area contributed by atoms with Crippen LogP contribution in [0.1, 0.15) is 5.56 Å². The zero-order valence-corrected chi connectivity index (χ0v) is 16.6. The van der Waals surface area contributed by atoms with Gasteiger partial charge in [-0.2, -0.15) is 0 Å². The van der Waals surface area contributed by atoms with Gasteiger partial charge in [0.15, 0.2) is 0 Å². The second kappa shape index (κ2) is 9.35. The molecule has 4 rings (SSSR count). The Kier molecular flexibility index (Phi) is 6.17. The molecule has 0 aliphatic heterocycles. The molecule has 0 radical (unpaired) electrons. The molecule has 0 unspecified atom stereocenters. The highest BCUT2D eigenvalue weighted by molar-refractivity contribution is 7.73. The van der Waals surface area contributed by atoms with Crippen molar-refractivity contribution in [1.82, 2.24) is 0 Å². The molecule has 0 aromatic heterocycles. The summed E-state index contributed by atoms with van der Waals surface area (Å²) in [6.07, 6.45) is 4.91. The first-order valence-electron chi connectivity index (χ1n) is 9.55. The fourth-order valence-corrected chi connectivity index (χ4v) is 5.52. The van der Waals surface area contributed by atoms with Gasteiger partial charge in [0.05, 0.1) is 12.9 Å². The van der Waals surface area contributed by atoms with E-state index in [1.54, 1.807) is 0 Å². The maximum Gasteiger partial charge on any atom is 0.0918 e. The van der Waals surface area contributed by atoms with E-state index >= 15 is 0 Å². The smallest absolute Gasteiger partial charge is 0.0918 e. The molecule has 138 valence electrons. The molecule has 0 spiro atoms. The second-order valence-corrected chi connectivity index (χ2v) is 8.90. The molecular weight excluding hydrogens is 359 g/mol. The van der Waals surface area contributed by atoms with Crippen molar-refractivity contribution in [3.8, 4) is 0 Å². The van der Waals surface area contributed by atoms with Crippen molar-refractivity contribution in [2.75, 3.05) is 12.8 Å². The van der Waals surface area contributed by atoms with E-state index < -0.39 is 7.92 Å². The minimum atomic E-state index is -0.409. The molecule has 0 bridgehead atoms. The van der Waals surface area contributed by atoms with Gasteiger partial charge >= 0.3 is 0 Å². The molecule has 0 aliphatic carbocycles. The maximum absolute atomic E-state index is 5.90. The fraction of sp³-hybridized carbons (Fsp3) is 0.0769. The summed E-state index contributed by atoms with van der Waals surface area (Å²) in [5.74, 6) is 0. The van der Waals surface area contributed by atoms with Crippen LogP contribution in [0.15, 0.2) is 109 Å². The van der Waals surface area contributed by atoms with Crippen molar-refractivity contribution in [2.24, 2.45) is 0 Å². The molecule has 0 saturated heterocycles. The van der Waals surface area contributed by atoms with E-state index in [9.17, 15) is 0 Å². The highest BCUT2D eigenvalue weighted by Crippen LogP contribution is 2.32. The van der Waals surface area contributed by atoms with Gasteiger partial charge in [0.1, 0.15) is 0 Å². The molecule has 0 saturated carbocycles. The predicted octanol–water partition coefficient (Wildman–Crippen LogP) is 5.96. The van der Waals surface area contributed by atoms with Crippen molar-refractivity contribution < 1.29 is 4.74 Å². The van der Waals surface area contributed by atoms with E-state index in [0.717, 1.165) is 6.16 Å². The van der Waals surface area contributed by atoms with Crippen LogP contribution < -0.4 is 10.6 Å². The van der Waals surface area contributed by atoms with E-state index in [1.807, 2.05) is 6.26 Å². The number of hydrogen-bond donors (Lipinski definition) is 0. The van der Waals surface area contributed by atoms with Gasteiger partial charge in [0, 0.05) is 6.16 Å². The molecule has 1 nitrogen and oxygen atoms in total. The Labute approximate surface area is 168 Å². The van der Waals surface area contributed by atoms with Gasteiger partial charge in [0.25, 0.3) is 0 Å². The van der Waals surface area contributed by atoms with Crippen LogP contribution in [0.25, 0.3) is 16.8 Å². The summed E-state index contributed by atoms with van der Waals surface area (Å²) in [5.41, 5.74) is 1.19. The standard InChI is InChI=1S/C26H23OP/c1-3-13-24(14-4-1)28(25-15-5-2-6-16-25)21-20-27-19-18-23-12-9-11-22-10-7-8-17-26(22)23/h1-19H,20-21H2/b19-18+.